The minimum absolute atomic E-state index is 0. The molecule has 4 heterocycles. The highest BCUT2D eigenvalue weighted by Gasteiger charge is 2.47. The largest absolute Gasteiger partial charge is 0.468 e. The molecule has 4 aromatic rings. The van der Waals surface area contributed by atoms with E-state index in [1.54, 1.807) is 6.07 Å². The van der Waals surface area contributed by atoms with Crippen LogP contribution in [-0.4, -0.2) is 109 Å². The Labute approximate surface area is 543 Å². The number of unbranched alkanes of at least 4 members (excludes halogenated alkanes) is 8. The van der Waals surface area contributed by atoms with Crippen LogP contribution in [0.5, 0.6) is 0 Å². The lowest BCUT2D eigenvalue weighted by Crippen LogP contribution is -2.28. The van der Waals surface area contributed by atoms with Crippen molar-refractivity contribution in [3.8, 4) is 0 Å². The summed E-state index contributed by atoms with van der Waals surface area (Å²) in [5.41, 5.74) is 17.3. The lowest BCUT2D eigenvalue weighted by atomic mass is 9.80. The van der Waals surface area contributed by atoms with Crippen LogP contribution in [0, 0.1) is 20.8 Å². The summed E-state index contributed by atoms with van der Waals surface area (Å²) in [6.45, 7) is 31.7. The normalized spacial score (nSPS) is 17.1. The molecule has 0 aromatic heterocycles. The Morgan fingerprint density at radius 3 is 1.15 bits per heavy atom. The summed E-state index contributed by atoms with van der Waals surface area (Å²) in [6.07, 6.45) is 24.4. The second-order valence-electron chi connectivity index (χ2n) is 26.1. The fourth-order valence-corrected chi connectivity index (χ4v) is 13.9. The highest BCUT2D eigenvalue weighted by atomic mass is 31.2. The van der Waals surface area contributed by atoms with E-state index >= 15 is 0 Å². The van der Waals surface area contributed by atoms with Gasteiger partial charge in [-0.2, -0.15) is 9.15 Å². The summed E-state index contributed by atoms with van der Waals surface area (Å²) in [5, 5.41) is 0.0201. The molecule has 15 nitrogen and oxygen atoms in total. The molecular weight excluding hydrogens is 1160 g/mol. The van der Waals surface area contributed by atoms with E-state index in [0.29, 0.717) is 52.3 Å². The third-order valence-electron chi connectivity index (χ3n) is 18.2. The predicted molar refractivity (Wildman–Crippen MR) is 369 cm³/mol. The predicted octanol–water partition coefficient (Wildman–Crippen LogP) is 15.0. The molecule has 8 rings (SSSR count). The molecule has 0 saturated heterocycles. The minimum atomic E-state index is -4.42. The van der Waals surface area contributed by atoms with Gasteiger partial charge in [0.2, 0.25) is 11.4 Å². The van der Waals surface area contributed by atoms with Crippen molar-refractivity contribution in [1.82, 2.24) is 0 Å². The molecule has 0 bridgehead atoms. The van der Waals surface area contributed by atoms with Crippen molar-refractivity contribution in [3.05, 3.63) is 160 Å². The van der Waals surface area contributed by atoms with E-state index in [1.165, 1.54) is 73.6 Å². The number of fused-ring (bicyclic) bond motifs is 4. The zero-order valence-electron chi connectivity index (χ0n) is 54.6. The minimum Gasteiger partial charge on any atom is -0.468 e. The number of carbonyl (C=O) groups is 4. The number of ether oxygens (including phenoxy) is 4. The molecule has 0 amide bonds. The van der Waals surface area contributed by atoms with Crippen LogP contribution < -0.4 is 15.1 Å². The summed E-state index contributed by atoms with van der Waals surface area (Å²) < 4.78 is 36.4. The van der Waals surface area contributed by atoms with Crippen molar-refractivity contribution in [1.29, 1.82) is 0 Å². The molecule has 0 saturated carbocycles. The van der Waals surface area contributed by atoms with Crippen molar-refractivity contribution in [2.75, 3.05) is 62.4 Å². The van der Waals surface area contributed by atoms with Gasteiger partial charge in [0, 0.05) is 94.9 Å². The smallest absolute Gasteiger partial charge is 0.356 e. The second-order valence-corrected chi connectivity index (χ2v) is 27.7. The standard InChI is InChI=1S/C37H49N2O4.C36H47N2O7P.2CH4/c1-28-16-18-32-30(24-28)36(3,4)34(38(32)20-9-7-11-22-42-26-40)14-13-15-35-37(5,6)31-25-29(2)17-19-33(31)39(35)21-10-8-12-23-43-27-41;1-27-15-17-31-29(23-27)35(2,3)33(37(31)19-8-6-10-21-44-25-39)13-12-14-34-36(4,5)30-24-28(46(41,42)43)16-18-32(30)38(34)20-9-7-11-22-45-26-40;;/h13-19,24-27H,7-12,20-23H2,1-6H3;12-18,23-26H,6-11,19-22H2,1-5H3,(H-,41,42,43);2*1H4/q+1;;;/p+1. The number of hydrogen-bond acceptors (Lipinski definition) is 11. The van der Waals surface area contributed by atoms with Gasteiger partial charge >= 0.3 is 7.60 Å². The first-order chi connectivity index (χ1) is 42.5. The van der Waals surface area contributed by atoms with Gasteiger partial charge in [-0.3, -0.25) is 23.7 Å². The summed E-state index contributed by atoms with van der Waals surface area (Å²) in [6, 6.07) is 25.2. The first-order valence-corrected chi connectivity index (χ1v) is 33.5. The first kappa shape index (κ1) is 74.5. The van der Waals surface area contributed by atoms with Crippen molar-refractivity contribution < 1.29 is 61.6 Å². The maximum Gasteiger partial charge on any atom is 0.356 e. The van der Waals surface area contributed by atoms with Gasteiger partial charge in [0.15, 0.2) is 11.4 Å². The maximum absolute atomic E-state index is 12.2. The van der Waals surface area contributed by atoms with E-state index in [9.17, 15) is 33.5 Å². The van der Waals surface area contributed by atoms with Crippen LogP contribution >= 0.6 is 7.60 Å². The van der Waals surface area contributed by atoms with E-state index in [-0.39, 0.29) is 36.4 Å². The zero-order chi connectivity index (χ0) is 64.6. The number of nitrogens with zero attached hydrogens (tertiary/aromatic N) is 4. The van der Waals surface area contributed by atoms with Crippen molar-refractivity contribution in [2.45, 2.75) is 190 Å². The van der Waals surface area contributed by atoms with Gasteiger partial charge in [-0.15, -0.1) is 0 Å². The molecule has 0 atom stereocenters. The number of anilines is 2. The molecule has 494 valence electrons. The third-order valence-corrected chi connectivity index (χ3v) is 19.2. The molecule has 91 heavy (non-hydrogen) atoms. The lowest BCUT2D eigenvalue weighted by molar-refractivity contribution is -0.438. The topological polar surface area (TPSA) is 175 Å². The Hall–Kier alpha value is -7.19. The number of benzene rings is 4. The number of aryl methyl sites for hydroxylation is 3. The first-order valence-electron chi connectivity index (χ1n) is 31.8. The Balaban J connectivity index is 0.000000324. The maximum atomic E-state index is 12.2. The van der Waals surface area contributed by atoms with Gasteiger partial charge in [0.05, 0.1) is 42.6 Å². The van der Waals surface area contributed by atoms with Crippen LogP contribution in [0.3, 0.4) is 0 Å². The van der Waals surface area contributed by atoms with Crippen LogP contribution in [0.15, 0.2) is 121 Å². The molecule has 4 aromatic carbocycles. The summed E-state index contributed by atoms with van der Waals surface area (Å²) >= 11 is 0. The number of carbonyl (C=O) groups excluding carboxylic acids is 4. The fourth-order valence-electron chi connectivity index (χ4n) is 13.4. The molecule has 0 fully saturated rings. The molecule has 0 radical (unpaired) electrons. The van der Waals surface area contributed by atoms with E-state index < -0.39 is 13.0 Å². The Morgan fingerprint density at radius 1 is 0.440 bits per heavy atom. The highest BCUT2D eigenvalue weighted by Crippen LogP contribution is 2.50. The average Bonchev–Trinajstić information content (AvgIpc) is 1.70. The van der Waals surface area contributed by atoms with E-state index in [0.717, 1.165) is 120 Å². The van der Waals surface area contributed by atoms with Gasteiger partial charge in [0.25, 0.3) is 25.9 Å². The molecule has 2 N–H and O–H groups in total. The van der Waals surface area contributed by atoms with Gasteiger partial charge in [-0.05, 0) is 166 Å². The van der Waals surface area contributed by atoms with Crippen LogP contribution in [-0.2, 0) is 64.4 Å². The van der Waals surface area contributed by atoms with Gasteiger partial charge in [0.1, 0.15) is 13.1 Å². The summed E-state index contributed by atoms with van der Waals surface area (Å²) in [4.78, 5) is 66.7. The monoisotopic (exact) mass is 1270 g/mol. The Morgan fingerprint density at radius 2 is 0.780 bits per heavy atom. The van der Waals surface area contributed by atoms with Crippen LogP contribution in [0.4, 0.5) is 22.7 Å². The van der Waals surface area contributed by atoms with E-state index in [2.05, 4.69) is 186 Å². The van der Waals surface area contributed by atoms with Crippen LogP contribution in [0.2, 0.25) is 0 Å². The number of rotatable bonds is 33. The SMILES string of the molecule is C.C.Cc1ccc2c(c1)C(C)(C)C(=C/C=C\C1=[N+](CCCCCOC=O)c3ccc(C)cc3C1(C)C)N2CCCCCOC=O.Cc1ccc2c(c1)C(C)(C)C(=CC=CC1=[N+](CCCCCOC=O)c3ccc(P(=O)(O)O)cc3C1(C)C)N2CCCCCOC=O. The van der Waals surface area contributed by atoms with Crippen molar-refractivity contribution in [2.24, 2.45) is 0 Å². The zero-order valence-corrected chi connectivity index (χ0v) is 55.5. The summed E-state index contributed by atoms with van der Waals surface area (Å²) in [7, 11) is -4.42. The number of allylic oxidation sites excluding steroid dienone is 8. The molecule has 0 aliphatic carbocycles. The fraction of sp³-hybridized carbons (Fsp3) is 0.493. The van der Waals surface area contributed by atoms with Gasteiger partial charge in [-0.25, -0.2) is 0 Å². The van der Waals surface area contributed by atoms with Gasteiger partial charge < -0.3 is 38.5 Å². The third kappa shape index (κ3) is 17.7. The van der Waals surface area contributed by atoms with Crippen molar-refractivity contribution in [3.63, 3.8) is 0 Å². The molecule has 4 aliphatic heterocycles. The van der Waals surface area contributed by atoms with Crippen molar-refractivity contribution >= 4 is 73.0 Å². The van der Waals surface area contributed by atoms with Crippen LogP contribution in [0.25, 0.3) is 0 Å². The van der Waals surface area contributed by atoms with E-state index in [4.69, 9.17) is 18.9 Å². The molecule has 0 unspecified atom stereocenters. The highest BCUT2D eigenvalue weighted by molar-refractivity contribution is 7.60. The quantitative estimate of drug-likeness (QED) is 0.0152. The second kappa shape index (κ2) is 33.4. The average molecular weight is 1270 g/mol. The molecule has 16 heteroatoms. The molecule has 4 aliphatic rings. The Bertz CT molecular complexity index is 3410. The van der Waals surface area contributed by atoms with E-state index in [1.807, 2.05) is 6.07 Å². The molecule has 0 spiro atoms. The summed E-state index contributed by atoms with van der Waals surface area (Å²) in [5.74, 6) is 0. The van der Waals surface area contributed by atoms with Gasteiger partial charge in [-0.1, -0.05) is 102 Å². The lowest BCUT2D eigenvalue weighted by Gasteiger charge is -2.27. The number of hydrogen-bond donors (Lipinski definition) is 2. The van der Waals surface area contributed by atoms with Crippen LogP contribution in [0.1, 0.15) is 186 Å². The Kier molecular flexibility index (Phi) is 27.4. The molecular formula is C75H105N4O11P+2.